The molecule has 0 amide bonds. The van der Waals surface area contributed by atoms with Crippen LogP contribution in [0.2, 0.25) is 0 Å². The molecule has 0 aliphatic carbocycles. The van der Waals surface area contributed by atoms with E-state index in [1.165, 1.54) is 22.3 Å². The second-order valence-corrected chi connectivity index (χ2v) is 5.72. The molecule has 2 nitrogen and oxygen atoms in total. The fourth-order valence-corrected chi connectivity index (χ4v) is 2.34. The second kappa shape index (κ2) is 8.84. The monoisotopic (exact) mass is 305 g/mol. The normalized spacial score (nSPS) is 12.4. The molecule has 0 atom stereocenters. The molecule has 0 N–H and O–H groups in total. The van der Waals surface area contributed by atoms with Gasteiger partial charge in [-0.1, -0.05) is 36.4 Å². The minimum Gasteiger partial charge on any atom is -0.288 e. The van der Waals surface area contributed by atoms with Gasteiger partial charge < -0.3 is 0 Å². The molecule has 0 saturated carbocycles. The third kappa shape index (κ3) is 5.67. The van der Waals surface area contributed by atoms with Gasteiger partial charge in [0.2, 0.25) is 0 Å². The Hall–Kier alpha value is -2.48. The van der Waals surface area contributed by atoms with Crippen LogP contribution in [0.1, 0.15) is 30.5 Å². The summed E-state index contributed by atoms with van der Waals surface area (Å²) in [7, 11) is 0. The molecule has 118 valence electrons. The Morgan fingerprint density at radius 3 is 2.48 bits per heavy atom. The molecule has 23 heavy (non-hydrogen) atoms. The van der Waals surface area contributed by atoms with Crippen LogP contribution in [-0.2, 0) is 13.1 Å². The van der Waals surface area contributed by atoms with Crippen LogP contribution in [-0.4, -0.2) is 6.21 Å². The van der Waals surface area contributed by atoms with E-state index in [1.54, 1.807) is 0 Å². The Kier molecular flexibility index (Phi) is 6.49. The van der Waals surface area contributed by atoms with Crippen molar-refractivity contribution in [2.45, 2.75) is 33.9 Å². The molecule has 0 bridgehead atoms. The summed E-state index contributed by atoms with van der Waals surface area (Å²) in [5.74, 6) is 0. The maximum absolute atomic E-state index is 4.54. The van der Waals surface area contributed by atoms with Gasteiger partial charge in [-0.3, -0.25) is 4.99 Å². The van der Waals surface area contributed by atoms with Crippen LogP contribution < -0.4 is 4.57 Å². The van der Waals surface area contributed by atoms with E-state index in [0.717, 1.165) is 6.54 Å². The average molecular weight is 305 g/mol. The van der Waals surface area contributed by atoms with Crippen molar-refractivity contribution in [2.75, 3.05) is 0 Å². The first-order valence-corrected chi connectivity index (χ1v) is 8.01. The summed E-state index contributed by atoms with van der Waals surface area (Å²) < 4.78 is 2.20. The fraction of sp³-hybridized carbons (Fsp3) is 0.238. The van der Waals surface area contributed by atoms with Crippen molar-refractivity contribution < 1.29 is 4.57 Å². The van der Waals surface area contributed by atoms with E-state index >= 15 is 0 Å². The number of allylic oxidation sites excluding steroid dienone is 4. The predicted octanol–water partition coefficient (Wildman–Crippen LogP) is 4.42. The van der Waals surface area contributed by atoms with Crippen molar-refractivity contribution >= 4 is 6.21 Å². The van der Waals surface area contributed by atoms with Gasteiger partial charge in [0, 0.05) is 23.9 Å². The van der Waals surface area contributed by atoms with Crippen molar-refractivity contribution in [2.24, 2.45) is 4.99 Å². The van der Waals surface area contributed by atoms with Gasteiger partial charge in [-0.2, -0.15) is 0 Å². The van der Waals surface area contributed by atoms with Crippen LogP contribution >= 0.6 is 0 Å². The van der Waals surface area contributed by atoms with Crippen molar-refractivity contribution in [3.63, 3.8) is 0 Å². The number of hydrogen-bond acceptors (Lipinski definition) is 1. The quantitative estimate of drug-likeness (QED) is 0.427. The summed E-state index contributed by atoms with van der Waals surface area (Å²) in [5, 5.41) is 0. The van der Waals surface area contributed by atoms with E-state index in [-0.39, 0.29) is 0 Å². The van der Waals surface area contributed by atoms with Crippen molar-refractivity contribution in [3.05, 3.63) is 89.3 Å². The highest BCUT2D eigenvalue weighted by molar-refractivity contribution is 5.72. The van der Waals surface area contributed by atoms with Gasteiger partial charge in [-0.15, -0.1) is 0 Å². The van der Waals surface area contributed by atoms with Gasteiger partial charge in [0.1, 0.15) is 0 Å². The van der Waals surface area contributed by atoms with Gasteiger partial charge in [-0.05, 0) is 43.5 Å². The lowest BCUT2D eigenvalue weighted by Gasteiger charge is -2.04. The summed E-state index contributed by atoms with van der Waals surface area (Å²) >= 11 is 0. The molecule has 0 unspecified atom stereocenters. The Labute approximate surface area is 139 Å². The van der Waals surface area contributed by atoms with E-state index in [4.69, 9.17) is 0 Å². The molecule has 0 spiro atoms. The topological polar surface area (TPSA) is 16.2 Å². The molecule has 0 aliphatic rings. The third-order valence-electron chi connectivity index (χ3n) is 3.66. The Balaban J connectivity index is 2.07. The largest absolute Gasteiger partial charge is 0.288 e. The number of nitrogens with zero attached hydrogens (tertiary/aromatic N) is 2. The molecule has 1 heterocycles. The van der Waals surface area contributed by atoms with Crippen molar-refractivity contribution in [1.29, 1.82) is 0 Å². The molecule has 2 heteroatoms. The van der Waals surface area contributed by atoms with Crippen molar-refractivity contribution in [1.82, 2.24) is 0 Å². The number of rotatable bonds is 6. The summed E-state index contributed by atoms with van der Waals surface area (Å²) in [6.45, 7) is 7.79. The molecular weight excluding hydrogens is 280 g/mol. The lowest BCUT2D eigenvalue weighted by Crippen LogP contribution is -2.33. The molecule has 0 saturated heterocycles. The Morgan fingerprint density at radius 1 is 1.09 bits per heavy atom. The number of aryl methyl sites for hydroxylation is 1. The van der Waals surface area contributed by atoms with Crippen LogP contribution in [0.15, 0.2) is 77.6 Å². The van der Waals surface area contributed by atoms with E-state index in [0.29, 0.717) is 6.54 Å². The zero-order chi connectivity index (χ0) is 16.5. The summed E-state index contributed by atoms with van der Waals surface area (Å²) in [5.41, 5.74) is 5.07. The molecule has 0 radical (unpaired) electrons. The van der Waals surface area contributed by atoms with E-state index in [1.807, 2.05) is 25.3 Å². The van der Waals surface area contributed by atoms with E-state index < -0.39 is 0 Å². The summed E-state index contributed by atoms with van der Waals surface area (Å²) in [6.07, 6.45) is 12.3. The smallest absolute Gasteiger partial charge is 0.174 e. The van der Waals surface area contributed by atoms with Gasteiger partial charge in [0.05, 0.1) is 6.54 Å². The van der Waals surface area contributed by atoms with Crippen LogP contribution in [0.5, 0.6) is 0 Å². The maximum Gasteiger partial charge on any atom is 0.174 e. The number of pyridine rings is 1. The van der Waals surface area contributed by atoms with Crippen LogP contribution in [0.4, 0.5) is 0 Å². The van der Waals surface area contributed by atoms with Crippen LogP contribution in [0.3, 0.4) is 0 Å². The minimum absolute atomic E-state index is 0.711. The second-order valence-electron chi connectivity index (χ2n) is 5.72. The molecule has 2 aromatic rings. The zero-order valence-electron chi connectivity index (χ0n) is 14.2. The predicted molar refractivity (Wildman–Crippen MR) is 97.7 cm³/mol. The molecule has 2 rings (SSSR count). The van der Waals surface area contributed by atoms with Crippen molar-refractivity contribution in [3.8, 4) is 0 Å². The Bertz CT molecular complexity index is 707. The highest BCUT2D eigenvalue weighted by atomic mass is 14.9. The summed E-state index contributed by atoms with van der Waals surface area (Å²) in [4.78, 5) is 4.54. The lowest BCUT2D eigenvalue weighted by molar-refractivity contribution is -0.688. The third-order valence-corrected chi connectivity index (χ3v) is 3.66. The zero-order valence-corrected chi connectivity index (χ0v) is 14.2. The van der Waals surface area contributed by atoms with Gasteiger partial charge in [-0.25, -0.2) is 4.57 Å². The van der Waals surface area contributed by atoms with E-state index in [9.17, 15) is 0 Å². The van der Waals surface area contributed by atoms with Crippen LogP contribution in [0.25, 0.3) is 0 Å². The first kappa shape index (κ1) is 16.9. The molecule has 1 aromatic carbocycles. The van der Waals surface area contributed by atoms with Gasteiger partial charge >= 0.3 is 0 Å². The highest BCUT2D eigenvalue weighted by Gasteiger charge is 2.06. The molecule has 0 fully saturated rings. The first-order valence-electron chi connectivity index (χ1n) is 8.01. The van der Waals surface area contributed by atoms with Gasteiger partial charge in [0.25, 0.3) is 0 Å². The molecule has 0 aliphatic heterocycles. The minimum atomic E-state index is 0.711. The average Bonchev–Trinajstić information content (AvgIpc) is 2.55. The highest BCUT2D eigenvalue weighted by Crippen LogP contribution is 2.10. The lowest BCUT2D eigenvalue weighted by atomic mass is 10.1. The van der Waals surface area contributed by atoms with E-state index in [2.05, 4.69) is 78.3 Å². The SMILES string of the molecule is C/C=C\C(C)=C/C=NCc1ccccc1C[n+]1ccc(C)cc1. The number of aromatic nitrogens is 1. The molecular formula is C21H25N2+. The number of benzene rings is 1. The summed E-state index contributed by atoms with van der Waals surface area (Å²) in [6, 6.07) is 12.8. The standard InChI is InChI=1S/C21H25N2/c1-4-7-18(2)10-13-22-16-20-8-5-6-9-21(20)17-23-14-11-19(3)12-15-23/h4-15H,16-17H2,1-3H3/q+1/b7-4-,18-10-,22-13?. The first-order chi connectivity index (χ1) is 11.2. The Morgan fingerprint density at radius 2 is 1.78 bits per heavy atom. The number of aliphatic imine (C=N–C) groups is 1. The van der Waals surface area contributed by atoms with Crippen LogP contribution in [0, 0.1) is 6.92 Å². The number of hydrogen-bond donors (Lipinski definition) is 0. The van der Waals surface area contributed by atoms with Gasteiger partial charge in [0.15, 0.2) is 18.9 Å². The maximum atomic E-state index is 4.54. The molecule has 1 aromatic heterocycles. The fourth-order valence-electron chi connectivity index (χ4n) is 2.34.